The fourth-order valence-corrected chi connectivity index (χ4v) is 4.79. The molecule has 7 heteroatoms. The van der Waals surface area contributed by atoms with Gasteiger partial charge in [-0.3, -0.25) is 14.6 Å². The Bertz CT molecular complexity index is 1330. The molecule has 0 saturated carbocycles. The summed E-state index contributed by atoms with van der Waals surface area (Å²) >= 11 is 0. The van der Waals surface area contributed by atoms with Crippen molar-refractivity contribution >= 4 is 22.7 Å². The predicted molar refractivity (Wildman–Crippen MR) is 140 cm³/mol. The smallest absolute Gasteiger partial charge is 0.253 e. The summed E-state index contributed by atoms with van der Waals surface area (Å²) in [5, 5.41) is 3.90. The molecule has 1 amide bonds. The van der Waals surface area contributed by atoms with Crippen molar-refractivity contribution in [2.75, 3.05) is 26.2 Å². The van der Waals surface area contributed by atoms with E-state index in [-0.39, 0.29) is 11.7 Å². The molecule has 1 fully saturated rings. The normalized spacial score (nSPS) is 13.8. The molecule has 3 aromatic heterocycles. The molecule has 5 rings (SSSR count). The number of benzene rings is 1. The lowest BCUT2D eigenvalue weighted by molar-refractivity contribution is -0.118. The second-order valence-corrected chi connectivity index (χ2v) is 9.34. The van der Waals surface area contributed by atoms with Crippen molar-refractivity contribution in [3.63, 3.8) is 0 Å². The highest BCUT2D eigenvalue weighted by Gasteiger charge is 2.17. The van der Waals surface area contributed by atoms with Crippen LogP contribution in [0.15, 0.2) is 73.3 Å². The summed E-state index contributed by atoms with van der Waals surface area (Å²) in [6.07, 6.45) is 11.2. The number of nitrogens with one attached hydrogen (secondary N) is 1. The molecule has 7 nitrogen and oxygen atoms in total. The number of likely N-dealkylation sites (tertiary alicyclic amines) is 1. The average molecular weight is 482 g/mol. The first-order valence-electron chi connectivity index (χ1n) is 12.6. The van der Waals surface area contributed by atoms with Gasteiger partial charge < -0.3 is 14.8 Å². The molecule has 0 spiro atoms. The molecule has 0 unspecified atom stereocenters. The second-order valence-electron chi connectivity index (χ2n) is 9.34. The number of ketones is 1. The van der Waals surface area contributed by atoms with E-state index in [0.29, 0.717) is 31.4 Å². The van der Waals surface area contributed by atoms with E-state index in [0.717, 1.165) is 47.5 Å². The van der Waals surface area contributed by atoms with Crippen molar-refractivity contribution in [2.45, 2.75) is 32.1 Å². The molecule has 1 aliphatic rings. The molecule has 1 N–H and O–H groups in total. The summed E-state index contributed by atoms with van der Waals surface area (Å²) in [7, 11) is 0. The van der Waals surface area contributed by atoms with Crippen molar-refractivity contribution < 1.29 is 9.59 Å². The molecule has 1 aliphatic heterocycles. The van der Waals surface area contributed by atoms with Gasteiger partial charge in [0.15, 0.2) is 0 Å². The van der Waals surface area contributed by atoms with Crippen LogP contribution in [0.1, 0.15) is 40.7 Å². The lowest BCUT2D eigenvalue weighted by Gasteiger charge is -2.14. The third-order valence-electron chi connectivity index (χ3n) is 6.75. The summed E-state index contributed by atoms with van der Waals surface area (Å²) in [6.45, 7) is 3.75. The van der Waals surface area contributed by atoms with Crippen LogP contribution in [0.3, 0.4) is 0 Å². The van der Waals surface area contributed by atoms with Gasteiger partial charge in [0.1, 0.15) is 11.4 Å². The average Bonchev–Trinajstić information content (AvgIpc) is 3.57. The molecule has 4 aromatic rings. The maximum atomic E-state index is 13.0. The first kappa shape index (κ1) is 23.9. The third kappa shape index (κ3) is 5.69. The van der Waals surface area contributed by atoms with Gasteiger partial charge in [0, 0.05) is 61.8 Å². The highest BCUT2D eigenvalue weighted by molar-refractivity contribution is 6.06. The summed E-state index contributed by atoms with van der Waals surface area (Å²) in [5.74, 6) is 0.120. The Hall–Kier alpha value is -3.84. The number of carbonyl (C=O) groups excluding carboxylic acids is 2. The van der Waals surface area contributed by atoms with Crippen molar-refractivity contribution in [3.05, 3.63) is 90.0 Å². The fraction of sp³-hybridized carbons (Fsp3) is 0.310. The van der Waals surface area contributed by atoms with Crippen molar-refractivity contribution in [3.8, 4) is 5.69 Å². The predicted octanol–water partition coefficient (Wildman–Crippen LogP) is 3.99. The van der Waals surface area contributed by atoms with Crippen LogP contribution in [0.2, 0.25) is 0 Å². The van der Waals surface area contributed by atoms with Gasteiger partial charge in [-0.25, -0.2) is 4.98 Å². The molecule has 0 atom stereocenters. The molecule has 36 heavy (non-hydrogen) atoms. The monoisotopic (exact) mass is 481 g/mol. The quantitative estimate of drug-likeness (QED) is 0.371. The lowest BCUT2D eigenvalue weighted by Crippen LogP contribution is -2.33. The van der Waals surface area contributed by atoms with E-state index in [9.17, 15) is 9.59 Å². The van der Waals surface area contributed by atoms with Crippen molar-refractivity contribution in [1.82, 2.24) is 24.8 Å². The zero-order valence-corrected chi connectivity index (χ0v) is 20.4. The van der Waals surface area contributed by atoms with E-state index in [4.69, 9.17) is 0 Å². The minimum absolute atomic E-state index is 0.0817. The Labute approximate surface area is 211 Å². The van der Waals surface area contributed by atoms with Crippen molar-refractivity contribution in [2.24, 2.45) is 0 Å². The Morgan fingerprint density at radius 3 is 2.53 bits per heavy atom. The fourth-order valence-electron chi connectivity index (χ4n) is 4.79. The van der Waals surface area contributed by atoms with Gasteiger partial charge in [-0.15, -0.1) is 0 Å². The number of hydrogen-bond donors (Lipinski definition) is 1. The van der Waals surface area contributed by atoms with Crippen LogP contribution in [-0.4, -0.2) is 57.3 Å². The van der Waals surface area contributed by atoms with Crippen LogP contribution in [0.25, 0.3) is 16.7 Å². The number of fused-ring (bicyclic) bond motifs is 1. The minimum atomic E-state index is -0.0817. The van der Waals surface area contributed by atoms with Crippen LogP contribution in [0, 0.1) is 0 Å². The molecular formula is C29H31N5O2. The van der Waals surface area contributed by atoms with Crippen molar-refractivity contribution in [1.29, 1.82) is 0 Å². The van der Waals surface area contributed by atoms with Crippen LogP contribution in [0.5, 0.6) is 0 Å². The van der Waals surface area contributed by atoms with Gasteiger partial charge in [0.2, 0.25) is 0 Å². The SMILES string of the molecule is O=C(CCc1cccnc1)Cc1ccc(-n2cc(C(=O)NCCN3CCCC3)c3cccnc32)cc1. The first-order valence-corrected chi connectivity index (χ1v) is 12.6. The van der Waals surface area contributed by atoms with Crippen LogP contribution in [-0.2, 0) is 17.6 Å². The zero-order chi connectivity index (χ0) is 24.7. The van der Waals surface area contributed by atoms with E-state index in [1.807, 2.05) is 59.3 Å². The lowest BCUT2D eigenvalue weighted by atomic mass is 10.0. The molecule has 0 radical (unpaired) electrons. The molecule has 1 aromatic carbocycles. The number of hydrogen-bond acceptors (Lipinski definition) is 5. The molecule has 184 valence electrons. The molecule has 4 heterocycles. The number of rotatable bonds is 10. The maximum Gasteiger partial charge on any atom is 0.253 e. The third-order valence-corrected chi connectivity index (χ3v) is 6.75. The van der Waals surface area contributed by atoms with Gasteiger partial charge in [0.05, 0.1) is 5.56 Å². The maximum absolute atomic E-state index is 13.0. The minimum Gasteiger partial charge on any atom is -0.351 e. The standard InChI is InChI=1S/C29H31N5O2/c35-25(12-9-23-5-3-13-30-20-23)19-22-7-10-24(11-8-22)34-21-27(26-6-4-14-31-28(26)34)29(36)32-15-18-33-16-1-2-17-33/h3-8,10-11,13-14,20-21H,1-2,9,12,15-19H2,(H,32,36). The van der Waals surface area contributed by atoms with Gasteiger partial charge in [-0.05, 0) is 73.8 Å². The Morgan fingerprint density at radius 2 is 1.75 bits per heavy atom. The Morgan fingerprint density at radius 1 is 0.944 bits per heavy atom. The van der Waals surface area contributed by atoms with E-state index in [1.165, 1.54) is 12.8 Å². The zero-order valence-electron chi connectivity index (χ0n) is 20.4. The van der Waals surface area contributed by atoms with Gasteiger partial charge >= 0.3 is 0 Å². The van der Waals surface area contributed by atoms with E-state index in [1.54, 1.807) is 18.6 Å². The molecule has 0 aliphatic carbocycles. The number of aryl methyl sites for hydroxylation is 1. The number of amides is 1. The topological polar surface area (TPSA) is 80.1 Å². The Balaban J connectivity index is 1.25. The first-order chi connectivity index (χ1) is 17.7. The largest absolute Gasteiger partial charge is 0.351 e. The van der Waals surface area contributed by atoms with Crippen LogP contribution in [0.4, 0.5) is 0 Å². The summed E-state index contributed by atoms with van der Waals surface area (Å²) < 4.78 is 1.94. The number of pyridine rings is 2. The summed E-state index contributed by atoms with van der Waals surface area (Å²) in [6, 6.07) is 15.6. The van der Waals surface area contributed by atoms with Gasteiger partial charge in [0.25, 0.3) is 5.91 Å². The van der Waals surface area contributed by atoms with E-state index in [2.05, 4.69) is 20.2 Å². The number of nitrogens with zero attached hydrogens (tertiary/aromatic N) is 4. The molecule has 1 saturated heterocycles. The molecule has 0 bridgehead atoms. The highest BCUT2D eigenvalue weighted by atomic mass is 16.1. The van der Waals surface area contributed by atoms with E-state index >= 15 is 0 Å². The molecular weight excluding hydrogens is 450 g/mol. The number of aromatic nitrogens is 3. The highest BCUT2D eigenvalue weighted by Crippen LogP contribution is 2.24. The number of Topliss-reactive ketones (excluding diaryl/α,β-unsaturated/α-hetero) is 1. The van der Waals surface area contributed by atoms with Gasteiger partial charge in [-0.2, -0.15) is 0 Å². The van der Waals surface area contributed by atoms with E-state index < -0.39 is 0 Å². The second kappa shape index (κ2) is 11.3. The number of carbonyl (C=O) groups is 2. The van der Waals surface area contributed by atoms with Crippen LogP contribution >= 0.6 is 0 Å². The Kier molecular flexibility index (Phi) is 7.47. The van der Waals surface area contributed by atoms with Gasteiger partial charge in [-0.1, -0.05) is 18.2 Å². The van der Waals surface area contributed by atoms with Crippen LogP contribution < -0.4 is 5.32 Å². The summed E-state index contributed by atoms with van der Waals surface area (Å²) in [5.41, 5.74) is 4.31. The summed E-state index contributed by atoms with van der Waals surface area (Å²) in [4.78, 5) is 36.5.